The minimum Gasteiger partial charge on any atom is -0.464 e. The van der Waals surface area contributed by atoms with Gasteiger partial charge in [0.25, 0.3) is 0 Å². The lowest BCUT2D eigenvalue weighted by molar-refractivity contribution is -0.159. The zero-order valence-electron chi connectivity index (χ0n) is 10.4. The van der Waals surface area contributed by atoms with E-state index in [-0.39, 0.29) is 0 Å². The normalized spacial score (nSPS) is 13.7. The molecule has 0 aliphatic heterocycles. The predicted octanol–water partition coefficient (Wildman–Crippen LogP) is 2.52. The van der Waals surface area contributed by atoms with Gasteiger partial charge in [-0.3, -0.25) is 0 Å². The predicted molar refractivity (Wildman–Crippen MR) is 60.6 cm³/mol. The molecule has 0 saturated carbocycles. The third-order valence-electron chi connectivity index (χ3n) is 2.29. The van der Waals surface area contributed by atoms with Crippen molar-refractivity contribution in [2.45, 2.75) is 59.5 Å². The van der Waals surface area contributed by atoms with Gasteiger partial charge < -0.3 is 9.84 Å². The van der Waals surface area contributed by atoms with E-state index in [2.05, 4.69) is 6.92 Å². The van der Waals surface area contributed by atoms with E-state index < -0.39 is 17.5 Å². The largest absolute Gasteiger partial charge is 0.464 e. The Morgan fingerprint density at radius 3 is 2.33 bits per heavy atom. The van der Waals surface area contributed by atoms with Crippen molar-refractivity contribution in [3.63, 3.8) is 0 Å². The van der Waals surface area contributed by atoms with Gasteiger partial charge in [-0.1, -0.05) is 47.0 Å². The van der Waals surface area contributed by atoms with E-state index in [0.29, 0.717) is 6.61 Å². The summed E-state index contributed by atoms with van der Waals surface area (Å²) in [5.74, 6) is -0.501. The number of carbonyl (C=O) groups is 1. The van der Waals surface area contributed by atoms with Gasteiger partial charge in [0, 0.05) is 0 Å². The number of unbranched alkanes of at least 4 members (excludes halogenated alkanes) is 3. The molecule has 0 amide bonds. The van der Waals surface area contributed by atoms with Crippen molar-refractivity contribution in [3.05, 3.63) is 0 Å². The maximum atomic E-state index is 11.4. The summed E-state index contributed by atoms with van der Waals surface area (Å²) in [5.41, 5.74) is -0.444. The van der Waals surface area contributed by atoms with Gasteiger partial charge in [0.1, 0.15) is 0 Å². The first-order chi connectivity index (χ1) is 6.89. The summed E-state index contributed by atoms with van der Waals surface area (Å²) in [7, 11) is 0. The first-order valence-electron chi connectivity index (χ1n) is 5.74. The molecule has 3 nitrogen and oxygen atoms in total. The average Bonchev–Trinajstić information content (AvgIpc) is 2.14. The molecule has 3 heteroatoms. The summed E-state index contributed by atoms with van der Waals surface area (Å²) >= 11 is 0. The van der Waals surface area contributed by atoms with E-state index in [1.54, 1.807) is 0 Å². The average molecular weight is 216 g/mol. The third kappa shape index (κ3) is 6.50. The van der Waals surface area contributed by atoms with E-state index in [9.17, 15) is 9.90 Å². The van der Waals surface area contributed by atoms with Gasteiger partial charge in [-0.15, -0.1) is 0 Å². The summed E-state index contributed by atoms with van der Waals surface area (Å²) in [4.78, 5) is 11.4. The molecular weight excluding hydrogens is 192 g/mol. The van der Waals surface area contributed by atoms with Gasteiger partial charge >= 0.3 is 5.97 Å². The second-order valence-corrected chi connectivity index (χ2v) is 5.00. The Morgan fingerprint density at radius 2 is 1.87 bits per heavy atom. The zero-order valence-corrected chi connectivity index (χ0v) is 10.4. The highest BCUT2D eigenvalue weighted by atomic mass is 16.5. The number of hydrogen-bond donors (Lipinski definition) is 1. The summed E-state index contributed by atoms with van der Waals surface area (Å²) in [5, 5.41) is 9.58. The van der Waals surface area contributed by atoms with Crippen LogP contribution in [-0.4, -0.2) is 23.8 Å². The van der Waals surface area contributed by atoms with E-state index in [1.807, 2.05) is 20.8 Å². The van der Waals surface area contributed by atoms with Crippen LogP contribution in [0.1, 0.15) is 53.4 Å². The molecule has 0 aliphatic rings. The number of aliphatic hydroxyl groups excluding tert-OH is 1. The van der Waals surface area contributed by atoms with Gasteiger partial charge in [-0.25, -0.2) is 4.79 Å². The number of aliphatic hydroxyl groups is 1. The minimum atomic E-state index is -1.02. The smallest absolute Gasteiger partial charge is 0.335 e. The van der Waals surface area contributed by atoms with Crippen molar-refractivity contribution in [2.24, 2.45) is 5.41 Å². The molecule has 15 heavy (non-hydrogen) atoms. The number of hydrogen-bond acceptors (Lipinski definition) is 3. The van der Waals surface area contributed by atoms with Crippen molar-refractivity contribution in [2.75, 3.05) is 6.61 Å². The maximum Gasteiger partial charge on any atom is 0.335 e. The molecule has 0 aliphatic carbocycles. The molecule has 0 heterocycles. The van der Waals surface area contributed by atoms with Crippen LogP contribution < -0.4 is 0 Å². The second kappa shape index (κ2) is 6.83. The van der Waals surface area contributed by atoms with Crippen LogP contribution in [0.15, 0.2) is 0 Å². The van der Waals surface area contributed by atoms with Crippen LogP contribution in [0.25, 0.3) is 0 Å². The molecule has 1 atom stereocenters. The highest BCUT2D eigenvalue weighted by Gasteiger charge is 2.30. The van der Waals surface area contributed by atoms with Crippen LogP contribution in [0.5, 0.6) is 0 Å². The first-order valence-corrected chi connectivity index (χ1v) is 5.74. The molecule has 0 spiro atoms. The molecule has 90 valence electrons. The lowest BCUT2D eigenvalue weighted by atomic mass is 9.89. The third-order valence-corrected chi connectivity index (χ3v) is 2.29. The van der Waals surface area contributed by atoms with Crippen molar-refractivity contribution >= 4 is 5.97 Å². The van der Waals surface area contributed by atoms with Gasteiger partial charge in [0.2, 0.25) is 0 Å². The van der Waals surface area contributed by atoms with Crippen LogP contribution in [0.3, 0.4) is 0 Å². The van der Waals surface area contributed by atoms with Gasteiger partial charge in [0.15, 0.2) is 6.10 Å². The van der Waals surface area contributed by atoms with Crippen LogP contribution in [-0.2, 0) is 9.53 Å². The van der Waals surface area contributed by atoms with Crippen molar-refractivity contribution in [1.29, 1.82) is 0 Å². The Hall–Kier alpha value is -0.570. The second-order valence-electron chi connectivity index (χ2n) is 5.00. The van der Waals surface area contributed by atoms with Crippen LogP contribution in [0.4, 0.5) is 0 Å². The Kier molecular flexibility index (Phi) is 6.57. The summed E-state index contributed by atoms with van der Waals surface area (Å²) in [6.07, 6.45) is 3.27. The Labute approximate surface area is 92.8 Å². The monoisotopic (exact) mass is 216 g/mol. The quantitative estimate of drug-likeness (QED) is 0.548. The van der Waals surface area contributed by atoms with Crippen molar-refractivity contribution in [1.82, 2.24) is 0 Å². The Morgan fingerprint density at radius 1 is 1.27 bits per heavy atom. The SMILES string of the molecule is CCCCCCOC(=O)C(O)C(C)(C)C. The number of ether oxygens (including phenoxy) is 1. The molecule has 0 rings (SSSR count). The highest BCUT2D eigenvalue weighted by molar-refractivity contribution is 5.75. The molecule has 1 N–H and O–H groups in total. The van der Waals surface area contributed by atoms with Gasteiger partial charge in [-0.2, -0.15) is 0 Å². The summed E-state index contributed by atoms with van der Waals surface area (Å²) in [6.45, 7) is 8.00. The lowest BCUT2D eigenvalue weighted by Gasteiger charge is -2.23. The zero-order chi connectivity index (χ0) is 11.9. The number of esters is 1. The molecule has 0 aromatic heterocycles. The number of rotatable bonds is 6. The topological polar surface area (TPSA) is 46.5 Å². The Balaban J connectivity index is 3.66. The Bertz CT molecular complexity index is 182. The minimum absolute atomic E-state index is 0.423. The van der Waals surface area contributed by atoms with E-state index in [0.717, 1.165) is 12.8 Å². The fourth-order valence-electron chi connectivity index (χ4n) is 1.13. The van der Waals surface area contributed by atoms with Crippen molar-refractivity contribution in [3.8, 4) is 0 Å². The molecule has 0 fully saturated rings. The molecule has 0 radical (unpaired) electrons. The van der Waals surface area contributed by atoms with E-state index in [1.165, 1.54) is 12.8 Å². The van der Waals surface area contributed by atoms with Crippen LogP contribution >= 0.6 is 0 Å². The highest BCUT2D eigenvalue weighted by Crippen LogP contribution is 2.20. The number of carbonyl (C=O) groups excluding carboxylic acids is 1. The van der Waals surface area contributed by atoms with Crippen LogP contribution in [0, 0.1) is 5.41 Å². The maximum absolute atomic E-state index is 11.4. The fourth-order valence-corrected chi connectivity index (χ4v) is 1.13. The first kappa shape index (κ1) is 14.4. The molecule has 0 saturated heterocycles. The summed E-state index contributed by atoms with van der Waals surface area (Å²) < 4.78 is 4.99. The molecule has 0 aromatic carbocycles. The molecular formula is C12H24O3. The van der Waals surface area contributed by atoms with Gasteiger partial charge in [-0.05, 0) is 11.8 Å². The van der Waals surface area contributed by atoms with Gasteiger partial charge in [0.05, 0.1) is 6.61 Å². The van der Waals surface area contributed by atoms with Crippen LogP contribution in [0.2, 0.25) is 0 Å². The summed E-state index contributed by atoms with van der Waals surface area (Å²) in [6, 6.07) is 0. The lowest BCUT2D eigenvalue weighted by Crippen LogP contribution is -2.35. The van der Waals surface area contributed by atoms with E-state index >= 15 is 0 Å². The van der Waals surface area contributed by atoms with Crippen molar-refractivity contribution < 1.29 is 14.6 Å². The van der Waals surface area contributed by atoms with E-state index in [4.69, 9.17) is 4.74 Å². The fraction of sp³-hybridized carbons (Fsp3) is 0.917. The molecule has 0 aromatic rings. The molecule has 1 unspecified atom stereocenters. The standard InChI is InChI=1S/C12H24O3/c1-5-6-7-8-9-15-11(14)10(13)12(2,3)4/h10,13H,5-9H2,1-4H3. The molecule has 0 bridgehead atoms.